The van der Waals surface area contributed by atoms with Gasteiger partial charge in [0.05, 0.1) is 5.56 Å². The second kappa shape index (κ2) is 5.78. The SMILES string of the molecule is O=C(O)CCCCc1nnc(-c2coc3ccccc23)o1. The number of aromatic nitrogens is 2. The number of hydrogen-bond acceptors (Lipinski definition) is 5. The van der Waals surface area contributed by atoms with Gasteiger partial charge in [0, 0.05) is 18.2 Å². The summed E-state index contributed by atoms with van der Waals surface area (Å²) >= 11 is 0. The van der Waals surface area contributed by atoms with Gasteiger partial charge in [0.1, 0.15) is 11.8 Å². The Balaban J connectivity index is 1.71. The van der Waals surface area contributed by atoms with Gasteiger partial charge in [-0.25, -0.2) is 0 Å². The van der Waals surface area contributed by atoms with E-state index >= 15 is 0 Å². The fraction of sp³-hybridized carbons (Fsp3) is 0.267. The molecular weight excluding hydrogens is 272 g/mol. The zero-order chi connectivity index (χ0) is 14.7. The Morgan fingerprint density at radius 1 is 1.19 bits per heavy atom. The van der Waals surface area contributed by atoms with E-state index < -0.39 is 5.97 Å². The third-order valence-electron chi connectivity index (χ3n) is 3.21. The summed E-state index contributed by atoms with van der Waals surface area (Å²) < 4.78 is 11.1. The van der Waals surface area contributed by atoms with Crippen molar-refractivity contribution in [1.29, 1.82) is 0 Å². The number of fused-ring (bicyclic) bond motifs is 1. The summed E-state index contributed by atoms with van der Waals surface area (Å²) in [6.45, 7) is 0. The average Bonchev–Trinajstić information content (AvgIpc) is 3.09. The number of carboxylic acids is 1. The lowest BCUT2D eigenvalue weighted by molar-refractivity contribution is -0.137. The number of hydrogen-bond donors (Lipinski definition) is 1. The van der Waals surface area contributed by atoms with E-state index in [1.165, 1.54) is 0 Å². The molecule has 0 aliphatic rings. The minimum atomic E-state index is -0.786. The number of unbranched alkanes of at least 4 members (excludes halogenated alkanes) is 1. The number of furan rings is 1. The van der Waals surface area contributed by atoms with Gasteiger partial charge in [-0.1, -0.05) is 18.2 Å². The molecule has 0 atom stereocenters. The quantitative estimate of drug-likeness (QED) is 0.699. The molecule has 3 aromatic rings. The third-order valence-corrected chi connectivity index (χ3v) is 3.21. The van der Waals surface area contributed by atoms with E-state index in [0.717, 1.165) is 16.5 Å². The molecule has 2 heterocycles. The van der Waals surface area contributed by atoms with Gasteiger partial charge in [-0.2, -0.15) is 0 Å². The van der Waals surface area contributed by atoms with Crippen molar-refractivity contribution in [1.82, 2.24) is 10.2 Å². The fourth-order valence-corrected chi connectivity index (χ4v) is 2.16. The molecule has 21 heavy (non-hydrogen) atoms. The zero-order valence-corrected chi connectivity index (χ0v) is 11.3. The minimum absolute atomic E-state index is 0.160. The van der Waals surface area contributed by atoms with Crippen LogP contribution in [0, 0.1) is 0 Å². The van der Waals surface area contributed by atoms with Crippen LogP contribution in [0.4, 0.5) is 0 Å². The van der Waals surface area contributed by atoms with Crippen LogP contribution in [0.5, 0.6) is 0 Å². The molecule has 0 saturated carbocycles. The molecule has 2 aromatic heterocycles. The van der Waals surface area contributed by atoms with Gasteiger partial charge >= 0.3 is 5.97 Å². The second-order valence-corrected chi connectivity index (χ2v) is 4.75. The summed E-state index contributed by atoms with van der Waals surface area (Å²) in [4.78, 5) is 10.4. The second-order valence-electron chi connectivity index (χ2n) is 4.75. The lowest BCUT2D eigenvalue weighted by Gasteiger charge is -1.94. The van der Waals surface area contributed by atoms with Crippen LogP contribution in [0.1, 0.15) is 25.2 Å². The van der Waals surface area contributed by atoms with Gasteiger partial charge < -0.3 is 13.9 Å². The monoisotopic (exact) mass is 286 g/mol. The molecular formula is C15H14N2O4. The molecule has 108 valence electrons. The maximum Gasteiger partial charge on any atom is 0.303 e. The molecule has 0 fully saturated rings. The number of aliphatic carboxylic acids is 1. The first-order valence-electron chi connectivity index (χ1n) is 6.75. The van der Waals surface area contributed by atoms with Crippen molar-refractivity contribution >= 4 is 16.9 Å². The molecule has 0 amide bonds. The summed E-state index contributed by atoms with van der Waals surface area (Å²) in [7, 11) is 0. The highest BCUT2D eigenvalue weighted by Crippen LogP contribution is 2.29. The summed E-state index contributed by atoms with van der Waals surface area (Å²) in [6.07, 6.45) is 3.65. The smallest absolute Gasteiger partial charge is 0.303 e. The number of nitrogens with zero attached hydrogens (tertiary/aromatic N) is 2. The Labute approximate surface area is 120 Å². The van der Waals surface area contributed by atoms with E-state index in [1.807, 2.05) is 24.3 Å². The summed E-state index contributed by atoms with van der Waals surface area (Å²) in [5, 5.41) is 17.5. The summed E-state index contributed by atoms with van der Waals surface area (Å²) in [6, 6.07) is 7.63. The van der Waals surface area contributed by atoms with E-state index in [0.29, 0.717) is 31.0 Å². The van der Waals surface area contributed by atoms with Gasteiger partial charge in [0.2, 0.25) is 5.89 Å². The number of carboxylic acid groups (broad SMARTS) is 1. The Bertz CT molecular complexity index is 760. The van der Waals surface area contributed by atoms with E-state index in [-0.39, 0.29) is 6.42 Å². The van der Waals surface area contributed by atoms with E-state index in [9.17, 15) is 4.79 Å². The van der Waals surface area contributed by atoms with Crippen molar-refractivity contribution in [3.05, 3.63) is 36.4 Å². The van der Waals surface area contributed by atoms with Gasteiger partial charge in [-0.15, -0.1) is 10.2 Å². The van der Waals surface area contributed by atoms with Crippen molar-refractivity contribution in [2.75, 3.05) is 0 Å². The van der Waals surface area contributed by atoms with Gasteiger partial charge in [0.25, 0.3) is 5.89 Å². The number of benzene rings is 1. The van der Waals surface area contributed by atoms with Crippen molar-refractivity contribution < 1.29 is 18.7 Å². The van der Waals surface area contributed by atoms with Gasteiger partial charge in [-0.3, -0.25) is 4.79 Å². The Kier molecular flexibility index (Phi) is 3.68. The number of para-hydroxylation sites is 1. The first-order valence-corrected chi connectivity index (χ1v) is 6.75. The molecule has 1 N–H and O–H groups in total. The maximum atomic E-state index is 10.4. The molecule has 0 saturated heterocycles. The van der Waals surface area contributed by atoms with Crippen molar-refractivity contribution in [2.24, 2.45) is 0 Å². The van der Waals surface area contributed by atoms with Crippen molar-refractivity contribution in [3.8, 4) is 11.5 Å². The predicted molar refractivity (Wildman–Crippen MR) is 74.7 cm³/mol. The summed E-state index contributed by atoms with van der Waals surface area (Å²) in [5.74, 6) is 0.153. The largest absolute Gasteiger partial charge is 0.481 e. The number of rotatable bonds is 6. The van der Waals surface area contributed by atoms with Crippen LogP contribution < -0.4 is 0 Å². The molecule has 0 unspecified atom stereocenters. The Morgan fingerprint density at radius 3 is 2.90 bits per heavy atom. The molecule has 0 aliphatic heterocycles. The van der Waals surface area contributed by atoms with Crippen LogP contribution in [0.15, 0.2) is 39.4 Å². The number of aryl methyl sites for hydroxylation is 1. The molecule has 0 radical (unpaired) electrons. The fourth-order valence-electron chi connectivity index (χ4n) is 2.16. The Hall–Kier alpha value is -2.63. The summed E-state index contributed by atoms with van der Waals surface area (Å²) in [5.41, 5.74) is 1.54. The van der Waals surface area contributed by atoms with Crippen LogP contribution in [-0.2, 0) is 11.2 Å². The molecule has 6 nitrogen and oxygen atoms in total. The molecule has 1 aromatic carbocycles. The van der Waals surface area contributed by atoms with Crippen molar-refractivity contribution in [2.45, 2.75) is 25.7 Å². The van der Waals surface area contributed by atoms with Crippen LogP contribution in [0.25, 0.3) is 22.4 Å². The molecule has 0 bridgehead atoms. The normalized spacial score (nSPS) is 11.0. The highest BCUT2D eigenvalue weighted by molar-refractivity contribution is 5.91. The number of carbonyl (C=O) groups is 1. The van der Waals surface area contributed by atoms with Crippen LogP contribution in [0.2, 0.25) is 0 Å². The zero-order valence-electron chi connectivity index (χ0n) is 11.3. The van der Waals surface area contributed by atoms with E-state index in [4.69, 9.17) is 13.9 Å². The van der Waals surface area contributed by atoms with Gasteiger partial charge in [0.15, 0.2) is 0 Å². The Morgan fingerprint density at radius 2 is 2.05 bits per heavy atom. The first kappa shape index (κ1) is 13.4. The van der Waals surface area contributed by atoms with E-state index in [2.05, 4.69) is 10.2 Å². The predicted octanol–water partition coefficient (Wildman–Crippen LogP) is 3.28. The molecule has 0 spiro atoms. The minimum Gasteiger partial charge on any atom is -0.481 e. The lowest BCUT2D eigenvalue weighted by Crippen LogP contribution is -1.95. The topological polar surface area (TPSA) is 89.4 Å². The molecule has 3 rings (SSSR count). The first-order chi connectivity index (χ1) is 10.2. The van der Waals surface area contributed by atoms with E-state index in [1.54, 1.807) is 6.26 Å². The highest BCUT2D eigenvalue weighted by Gasteiger charge is 2.14. The van der Waals surface area contributed by atoms with Crippen LogP contribution in [0.3, 0.4) is 0 Å². The van der Waals surface area contributed by atoms with Gasteiger partial charge in [-0.05, 0) is 18.9 Å². The maximum absolute atomic E-state index is 10.4. The van der Waals surface area contributed by atoms with Crippen molar-refractivity contribution in [3.63, 3.8) is 0 Å². The molecule has 6 heteroatoms. The highest BCUT2D eigenvalue weighted by atomic mass is 16.4. The van der Waals surface area contributed by atoms with Crippen LogP contribution in [-0.4, -0.2) is 21.3 Å². The average molecular weight is 286 g/mol. The molecule has 0 aliphatic carbocycles. The standard InChI is InChI=1S/C15H14N2O4/c18-14(19)8-4-3-7-13-16-17-15(21-13)11-9-20-12-6-2-1-5-10(11)12/h1-2,5-6,9H,3-4,7-8H2,(H,18,19). The van der Waals surface area contributed by atoms with Crippen LogP contribution >= 0.6 is 0 Å². The third kappa shape index (κ3) is 2.94. The lowest BCUT2D eigenvalue weighted by atomic mass is 10.2.